The van der Waals surface area contributed by atoms with Crippen LogP contribution in [0.1, 0.15) is 21.6 Å². The summed E-state index contributed by atoms with van der Waals surface area (Å²) in [5.41, 5.74) is 0. The molecule has 0 aliphatic heterocycles. The minimum atomic E-state index is 0.542. The standard InChI is InChI=1S/C13H17NS2/c1-10(8-12-6-5-11(2)16-12)14-9-13-4-3-7-15-13/h3-7,10,14H,8-9H2,1-2H3. The van der Waals surface area contributed by atoms with Gasteiger partial charge < -0.3 is 5.32 Å². The summed E-state index contributed by atoms with van der Waals surface area (Å²) in [7, 11) is 0. The lowest BCUT2D eigenvalue weighted by Crippen LogP contribution is -2.26. The number of nitrogens with one attached hydrogen (secondary N) is 1. The molecular weight excluding hydrogens is 234 g/mol. The summed E-state index contributed by atoms with van der Waals surface area (Å²) < 4.78 is 0. The van der Waals surface area contributed by atoms with E-state index in [1.807, 2.05) is 22.7 Å². The van der Waals surface area contributed by atoms with Crippen LogP contribution in [-0.2, 0) is 13.0 Å². The Balaban J connectivity index is 1.78. The minimum absolute atomic E-state index is 0.542. The highest BCUT2D eigenvalue weighted by atomic mass is 32.1. The van der Waals surface area contributed by atoms with Crippen molar-refractivity contribution in [2.45, 2.75) is 32.9 Å². The van der Waals surface area contributed by atoms with Crippen molar-refractivity contribution in [1.82, 2.24) is 5.32 Å². The molecule has 0 aliphatic rings. The topological polar surface area (TPSA) is 12.0 Å². The van der Waals surface area contributed by atoms with E-state index in [1.54, 1.807) is 0 Å². The number of hydrogen-bond donors (Lipinski definition) is 1. The van der Waals surface area contributed by atoms with Gasteiger partial charge in [0.25, 0.3) is 0 Å². The van der Waals surface area contributed by atoms with Gasteiger partial charge in [-0.3, -0.25) is 0 Å². The van der Waals surface area contributed by atoms with Gasteiger partial charge in [-0.25, -0.2) is 0 Å². The Morgan fingerprint density at radius 2 is 2.12 bits per heavy atom. The van der Waals surface area contributed by atoms with Gasteiger partial charge in [-0.05, 0) is 43.8 Å². The van der Waals surface area contributed by atoms with Crippen LogP contribution in [0.2, 0.25) is 0 Å². The SMILES string of the molecule is Cc1ccc(CC(C)NCc2cccs2)s1. The van der Waals surface area contributed by atoms with E-state index in [2.05, 4.69) is 48.8 Å². The lowest BCUT2D eigenvalue weighted by Gasteiger charge is -2.11. The largest absolute Gasteiger partial charge is 0.309 e. The van der Waals surface area contributed by atoms with Crippen LogP contribution in [0.5, 0.6) is 0 Å². The molecule has 0 aromatic carbocycles. The summed E-state index contributed by atoms with van der Waals surface area (Å²) in [4.78, 5) is 4.29. The number of thiophene rings is 2. The van der Waals surface area contributed by atoms with Gasteiger partial charge >= 0.3 is 0 Å². The molecule has 2 heterocycles. The molecule has 0 spiro atoms. The molecule has 0 bridgehead atoms. The molecule has 1 nitrogen and oxygen atoms in total. The Morgan fingerprint density at radius 1 is 1.25 bits per heavy atom. The van der Waals surface area contributed by atoms with Crippen LogP contribution in [0.25, 0.3) is 0 Å². The molecule has 0 aliphatic carbocycles. The zero-order valence-electron chi connectivity index (χ0n) is 9.69. The summed E-state index contributed by atoms with van der Waals surface area (Å²) >= 11 is 3.72. The lowest BCUT2D eigenvalue weighted by molar-refractivity contribution is 0.552. The second kappa shape index (κ2) is 5.62. The summed E-state index contributed by atoms with van der Waals surface area (Å²) in [6, 6.07) is 9.27. The first-order valence-corrected chi connectivity index (χ1v) is 7.25. The fourth-order valence-corrected chi connectivity index (χ4v) is 3.33. The Labute approximate surface area is 105 Å². The summed E-state index contributed by atoms with van der Waals surface area (Å²) in [5.74, 6) is 0. The van der Waals surface area contributed by atoms with Crippen LogP contribution in [0, 0.1) is 6.92 Å². The molecule has 1 N–H and O–H groups in total. The van der Waals surface area contributed by atoms with Gasteiger partial charge in [0.15, 0.2) is 0 Å². The van der Waals surface area contributed by atoms with Gasteiger partial charge in [0, 0.05) is 27.2 Å². The molecule has 1 unspecified atom stereocenters. The molecule has 0 radical (unpaired) electrons. The van der Waals surface area contributed by atoms with Gasteiger partial charge in [0.1, 0.15) is 0 Å². The molecule has 0 saturated carbocycles. The number of hydrogen-bond acceptors (Lipinski definition) is 3. The Bertz CT molecular complexity index is 417. The summed E-state index contributed by atoms with van der Waals surface area (Å²) in [5, 5.41) is 5.69. The molecular formula is C13H17NS2. The quantitative estimate of drug-likeness (QED) is 0.851. The maximum absolute atomic E-state index is 3.56. The average molecular weight is 251 g/mol. The van der Waals surface area contributed by atoms with Crippen LogP contribution in [0.4, 0.5) is 0 Å². The van der Waals surface area contributed by atoms with Crippen molar-refractivity contribution in [2.24, 2.45) is 0 Å². The second-order valence-electron chi connectivity index (χ2n) is 4.08. The normalized spacial score (nSPS) is 12.9. The van der Waals surface area contributed by atoms with E-state index in [0.717, 1.165) is 13.0 Å². The highest BCUT2D eigenvalue weighted by Gasteiger charge is 2.05. The maximum atomic E-state index is 3.56. The van der Waals surface area contributed by atoms with E-state index >= 15 is 0 Å². The van der Waals surface area contributed by atoms with Crippen molar-refractivity contribution in [3.05, 3.63) is 44.3 Å². The third kappa shape index (κ3) is 3.44. The number of aryl methyl sites for hydroxylation is 1. The molecule has 0 amide bonds. The lowest BCUT2D eigenvalue weighted by atomic mass is 10.2. The van der Waals surface area contributed by atoms with Crippen LogP contribution in [0.3, 0.4) is 0 Å². The molecule has 2 aromatic heterocycles. The van der Waals surface area contributed by atoms with Crippen molar-refractivity contribution in [1.29, 1.82) is 0 Å². The highest BCUT2D eigenvalue weighted by Crippen LogP contribution is 2.17. The first-order valence-electron chi connectivity index (χ1n) is 5.55. The summed E-state index contributed by atoms with van der Waals surface area (Å²) in [6.45, 7) is 5.41. The fourth-order valence-electron chi connectivity index (χ4n) is 1.66. The van der Waals surface area contributed by atoms with Gasteiger partial charge in [-0.15, -0.1) is 22.7 Å². The predicted octanol–water partition coefficient (Wildman–Crippen LogP) is 3.84. The van der Waals surface area contributed by atoms with Crippen LogP contribution in [-0.4, -0.2) is 6.04 Å². The Morgan fingerprint density at radius 3 is 2.75 bits per heavy atom. The Kier molecular flexibility index (Phi) is 4.16. The van der Waals surface area contributed by atoms with Crippen LogP contribution < -0.4 is 5.32 Å². The molecule has 86 valence electrons. The molecule has 2 rings (SSSR count). The summed E-state index contributed by atoms with van der Waals surface area (Å²) in [6.07, 6.45) is 1.13. The van der Waals surface area contributed by atoms with Crippen molar-refractivity contribution in [3.63, 3.8) is 0 Å². The highest BCUT2D eigenvalue weighted by molar-refractivity contribution is 7.11. The zero-order valence-corrected chi connectivity index (χ0v) is 11.3. The van der Waals surface area contributed by atoms with Gasteiger partial charge in [-0.1, -0.05) is 6.07 Å². The van der Waals surface area contributed by atoms with Crippen molar-refractivity contribution in [3.8, 4) is 0 Å². The smallest absolute Gasteiger partial charge is 0.0302 e. The van der Waals surface area contributed by atoms with E-state index in [4.69, 9.17) is 0 Å². The molecule has 0 fully saturated rings. The fraction of sp³-hybridized carbons (Fsp3) is 0.385. The van der Waals surface area contributed by atoms with Crippen molar-refractivity contribution >= 4 is 22.7 Å². The first-order chi connectivity index (χ1) is 7.74. The molecule has 2 aromatic rings. The first kappa shape index (κ1) is 11.8. The molecule has 0 saturated heterocycles. The van der Waals surface area contributed by atoms with Crippen molar-refractivity contribution < 1.29 is 0 Å². The second-order valence-corrected chi connectivity index (χ2v) is 6.48. The van der Waals surface area contributed by atoms with E-state index in [1.165, 1.54) is 14.6 Å². The van der Waals surface area contributed by atoms with Gasteiger partial charge in [-0.2, -0.15) is 0 Å². The van der Waals surface area contributed by atoms with E-state index in [0.29, 0.717) is 6.04 Å². The van der Waals surface area contributed by atoms with E-state index in [9.17, 15) is 0 Å². The maximum Gasteiger partial charge on any atom is 0.0302 e. The zero-order chi connectivity index (χ0) is 11.4. The molecule has 1 atom stereocenters. The van der Waals surface area contributed by atoms with Crippen molar-refractivity contribution in [2.75, 3.05) is 0 Å². The monoisotopic (exact) mass is 251 g/mol. The third-order valence-corrected chi connectivity index (χ3v) is 4.41. The van der Waals surface area contributed by atoms with Crippen LogP contribution in [0.15, 0.2) is 29.6 Å². The minimum Gasteiger partial charge on any atom is -0.309 e. The van der Waals surface area contributed by atoms with E-state index in [-0.39, 0.29) is 0 Å². The predicted molar refractivity (Wildman–Crippen MR) is 73.4 cm³/mol. The van der Waals surface area contributed by atoms with Crippen LogP contribution >= 0.6 is 22.7 Å². The van der Waals surface area contributed by atoms with E-state index < -0.39 is 0 Å². The molecule has 16 heavy (non-hydrogen) atoms. The Hall–Kier alpha value is -0.640. The average Bonchev–Trinajstić information content (AvgIpc) is 2.87. The third-order valence-electron chi connectivity index (χ3n) is 2.51. The van der Waals surface area contributed by atoms with Gasteiger partial charge in [0.2, 0.25) is 0 Å². The molecule has 3 heteroatoms. The van der Waals surface area contributed by atoms with Gasteiger partial charge in [0.05, 0.1) is 0 Å². The number of rotatable bonds is 5.